The fourth-order valence-electron chi connectivity index (χ4n) is 3.24. The van der Waals surface area contributed by atoms with Gasteiger partial charge >= 0.3 is 0 Å². The van der Waals surface area contributed by atoms with Crippen LogP contribution in [0.3, 0.4) is 0 Å². The maximum atomic E-state index is 12.4. The molecule has 0 radical (unpaired) electrons. The molecule has 6 heteroatoms. The molecule has 4 aromatic rings. The average molecular weight is 391 g/mol. The Hall–Kier alpha value is -2.96. The van der Waals surface area contributed by atoms with Gasteiger partial charge in [-0.15, -0.1) is 0 Å². The minimum absolute atomic E-state index is 0.271. The summed E-state index contributed by atoms with van der Waals surface area (Å²) in [5.74, 6) is 0.862. The van der Waals surface area contributed by atoms with Crippen LogP contribution in [-0.2, 0) is 23.0 Å². The van der Waals surface area contributed by atoms with Crippen LogP contribution >= 0.6 is 0 Å². The summed E-state index contributed by atoms with van der Waals surface area (Å²) in [6, 6.07) is 26.6. The van der Waals surface area contributed by atoms with E-state index in [9.17, 15) is 8.42 Å². The Morgan fingerprint density at radius 1 is 0.821 bits per heavy atom. The van der Waals surface area contributed by atoms with E-state index in [-0.39, 0.29) is 11.4 Å². The van der Waals surface area contributed by atoms with Gasteiger partial charge in [-0.05, 0) is 29.8 Å². The second-order valence-corrected chi connectivity index (χ2v) is 8.32. The van der Waals surface area contributed by atoms with Crippen molar-refractivity contribution in [3.05, 3.63) is 96.3 Å². The zero-order valence-electron chi connectivity index (χ0n) is 15.3. The van der Waals surface area contributed by atoms with Crippen LogP contribution in [0.5, 0.6) is 0 Å². The highest BCUT2D eigenvalue weighted by Crippen LogP contribution is 2.18. The van der Waals surface area contributed by atoms with E-state index in [1.807, 2.05) is 42.5 Å². The molecule has 1 heterocycles. The summed E-state index contributed by atoms with van der Waals surface area (Å²) in [7, 11) is -3.52. The molecule has 142 valence electrons. The number of para-hydroxylation sites is 2. The van der Waals surface area contributed by atoms with Crippen molar-refractivity contribution in [2.75, 3.05) is 6.54 Å². The van der Waals surface area contributed by atoms with Crippen molar-refractivity contribution in [1.82, 2.24) is 14.3 Å². The van der Waals surface area contributed by atoms with Gasteiger partial charge in [0.05, 0.1) is 15.9 Å². The number of benzene rings is 3. The lowest BCUT2D eigenvalue weighted by atomic mass is 10.2. The summed E-state index contributed by atoms with van der Waals surface area (Å²) in [6.07, 6.45) is 0.508. The molecule has 0 saturated carbocycles. The summed E-state index contributed by atoms with van der Waals surface area (Å²) >= 11 is 0. The fourth-order valence-corrected chi connectivity index (χ4v) is 4.29. The molecule has 0 aliphatic heterocycles. The van der Waals surface area contributed by atoms with Crippen molar-refractivity contribution in [1.29, 1.82) is 0 Å². The molecule has 0 unspecified atom stereocenters. The number of aromatic nitrogens is 2. The normalized spacial score (nSPS) is 11.7. The van der Waals surface area contributed by atoms with Gasteiger partial charge in [-0.2, -0.15) is 0 Å². The van der Waals surface area contributed by atoms with Gasteiger partial charge in [-0.25, -0.2) is 18.1 Å². The third-order valence-corrected chi connectivity index (χ3v) is 6.09. The molecule has 28 heavy (non-hydrogen) atoms. The van der Waals surface area contributed by atoms with Gasteiger partial charge in [0.25, 0.3) is 0 Å². The molecule has 0 bridgehead atoms. The first-order valence-corrected chi connectivity index (χ1v) is 10.6. The largest absolute Gasteiger partial charge is 0.323 e. The van der Waals surface area contributed by atoms with Crippen LogP contribution in [0.2, 0.25) is 0 Å². The van der Waals surface area contributed by atoms with E-state index < -0.39 is 10.0 Å². The number of nitrogens with zero attached hydrogens (tertiary/aromatic N) is 2. The zero-order valence-corrected chi connectivity index (χ0v) is 16.1. The summed E-state index contributed by atoms with van der Waals surface area (Å²) in [5.41, 5.74) is 3.14. The maximum Gasteiger partial charge on any atom is 0.240 e. The van der Waals surface area contributed by atoms with Crippen LogP contribution in [-0.4, -0.2) is 24.5 Å². The lowest BCUT2D eigenvalue weighted by Gasteiger charge is -2.10. The van der Waals surface area contributed by atoms with Crippen molar-refractivity contribution in [3.63, 3.8) is 0 Å². The van der Waals surface area contributed by atoms with E-state index in [2.05, 4.69) is 21.4 Å². The molecule has 5 nitrogen and oxygen atoms in total. The first-order chi connectivity index (χ1) is 13.6. The minimum Gasteiger partial charge on any atom is -0.323 e. The SMILES string of the molecule is O=S(=O)(NCCc1nc2ccccc2n1Cc1ccccc1)c1ccccc1. The predicted octanol–water partition coefficient (Wildman–Crippen LogP) is 3.61. The first kappa shape index (κ1) is 18.4. The Kier molecular flexibility index (Phi) is 5.23. The summed E-state index contributed by atoms with van der Waals surface area (Å²) in [6.45, 7) is 0.984. The van der Waals surface area contributed by atoms with E-state index in [1.54, 1.807) is 30.3 Å². The second kappa shape index (κ2) is 7.96. The van der Waals surface area contributed by atoms with Gasteiger partial charge in [-0.1, -0.05) is 60.7 Å². The Balaban J connectivity index is 1.56. The molecule has 4 rings (SSSR count). The predicted molar refractivity (Wildman–Crippen MR) is 111 cm³/mol. The van der Waals surface area contributed by atoms with Crippen LogP contribution in [0.4, 0.5) is 0 Å². The molecule has 0 fully saturated rings. The molecule has 0 aliphatic carbocycles. The Bertz CT molecular complexity index is 1170. The van der Waals surface area contributed by atoms with Crippen molar-refractivity contribution in [2.24, 2.45) is 0 Å². The number of rotatable bonds is 7. The van der Waals surface area contributed by atoms with E-state index in [4.69, 9.17) is 4.98 Å². The quantitative estimate of drug-likeness (QED) is 0.523. The zero-order chi connectivity index (χ0) is 19.4. The molecule has 0 atom stereocenters. The molecule has 0 aliphatic rings. The van der Waals surface area contributed by atoms with Gasteiger partial charge < -0.3 is 4.57 Å². The molecular formula is C22H21N3O2S. The average Bonchev–Trinajstić information content (AvgIpc) is 3.07. The molecular weight excluding hydrogens is 370 g/mol. The maximum absolute atomic E-state index is 12.4. The van der Waals surface area contributed by atoms with Crippen molar-refractivity contribution in [2.45, 2.75) is 17.9 Å². The third-order valence-electron chi connectivity index (χ3n) is 4.61. The number of hydrogen-bond acceptors (Lipinski definition) is 3. The number of imidazole rings is 1. The summed E-state index contributed by atoms with van der Waals surface area (Å²) < 4.78 is 29.7. The summed E-state index contributed by atoms with van der Waals surface area (Å²) in [5, 5.41) is 0. The molecule has 0 spiro atoms. The fraction of sp³-hybridized carbons (Fsp3) is 0.136. The Morgan fingerprint density at radius 3 is 2.21 bits per heavy atom. The molecule has 1 N–H and O–H groups in total. The Labute approximate surface area is 164 Å². The smallest absolute Gasteiger partial charge is 0.240 e. The lowest BCUT2D eigenvalue weighted by molar-refractivity contribution is 0.579. The summed E-state index contributed by atoms with van der Waals surface area (Å²) in [4.78, 5) is 5.00. The van der Waals surface area contributed by atoms with Gasteiger partial charge in [0.15, 0.2) is 0 Å². The van der Waals surface area contributed by atoms with E-state index in [1.165, 1.54) is 5.56 Å². The highest BCUT2D eigenvalue weighted by Gasteiger charge is 2.15. The minimum atomic E-state index is -3.52. The van der Waals surface area contributed by atoms with Crippen LogP contribution in [0.25, 0.3) is 11.0 Å². The number of nitrogens with one attached hydrogen (secondary N) is 1. The van der Waals surface area contributed by atoms with Crippen LogP contribution in [0, 0.1) is 0 Å². The second-order valence-electron chi connectivity index (χ2n) is 6.55. The van der Waals surface area contributed by atoms with E-state index in [0.717, 1.165) is 16.9 Å². The van der Waals surface area contributed by atoms with Crippen molar-refractivity contribution in [3.8, 4) is 0 Å². The first-order valence-electron chi connectivity index (χ1n) is 9.16. The third kappa shape index (κ3) is 3.98. The number of sulfonamides is 1. The topological polar surface area (TPSA) is 64.0 Å². The van der Waals surface area contributed by atoms with E-state index >= 15 is 0 Å². The monoisotopic (exact) mass is 391 g/mol. The molecule has 1 aromatic heterocycles. The molecule has 0 saturated heterocycles. The highest BCUT2D eigenvalue weighted by molar-refractivity contribution is 7.89. The van der Waals surface area contributed by atoms with E-state index in [0.29, 0.717) is 13.0 Å². The highest BCUT2D eigenvalue weighted by atomic mass is 32.2. The van der Waals surface area contributed by atoms with Gasteiger partial charge in [0.2, 0.25) is 10.0 Å². The van der Waals surface area contributed by atoms with Crippen LogP contribution in [0.15, 0.2) is 89.8 Å². The molecule has 0 amide bonds. The molecule has 3 aromatic carbocycles. The van der Waals surface area contributed by atoms with Gasteiger partial charge in [0.1, 0.15) is 5.82 Å². The number of hydrogen-bond donors (Lipinski definition) is 1. The lowest BCUT2D eigenvalue weighted by Crippen LogP contribution is -2.26. The van der Waals surface area contributed by atoms with Crippen molar-refractivity contribution >= 4 is 21.1 Å². The van der Waals surface area contributed by atoms with Crippen LogP contribution < -0.4 is 4.72 Å². The van der Waals surface area contributed by atoms with Gasteiger partial charge in [0, 0.05) is 19.5 Å². The Morgan fingerprint density at radius 2 is 1.46 bits per heavy atom. The van der Waals surface area contributed by atoms with Gasteiger partial charge in [-0.3, -0.25) is 0 Å². The van der Waals surface area contributed by atoms with Crippen molar-refractivity contribution < 1.29 is 8.42 Å². The van der Waals surface area contributed by atoms with Crippen LogP contribution in [0.1, 0.15) is 11.4 Å². The number of fused-ring (bicyclic) bond motifs is 1. The standard InChI is InChI=1S/C22H21N3O2S/c26-28(27,19-11-5-2-6-12-19)23-16-15-22-24-20-13-7-8-14-21(20)25(22)17-18-9-3-1-4-10-18/h1-14,23H,15-17H2.